The fourth-order valence-corrected chi connectivity index (χ4v) is 2.32. The minimum atomic E-state index is -0.447. The molecule has 1 atom stereocenters. The quantitative estimate of drug-likeness (QED) is 0.863. The number of hydrogen-bond donors (Lipinski definition) is 1. The van der Waals surface area contributed by atoms with Gasteiger partial charge in [0.1, 0.15) is 0 Å². The number of thiophene rings is 1. The topological polar surface area (TPSA) is 38.1 Å². The van der Waals surface area contributed by atoms with Crippen molar-refractivity contribution in [3.63, 3.8) is 0 Å². The van der Waals surface area contributed by atoms with Gasteiger partial charge in [0.05, 0.1) is 12.3 Å². The molecule has 0 aliphatic heterocycles. The normalized spacial score (nSPS) is 13.0. The lowest BCUT2D eigenvalue weighted by atomic mass is 10.1. The van der Waals surface area contributed by atoms with E-state index >= 15 is 0 Å². The van der Waals surface area contributed by atoms with E-state index in [0.29, 0.717) is 6.42 Å². The standard InChI is InChI=1S/C11H14N2OS/c1-8-10(7-12-13(8)2)11(14)6-9-4-3-5-15-9/h3-5,7,11,14H,6H2,1-2H3. The molecule has 0 aliphatic carbocycles. The van der Waals surface area contributed by atoms with Crippen molar-refractivity contribution in [2.24, 2.45) is 7.05 Å². The Morgan fingerprint density at radius 1 is 1.60 bits per heavy atom. The van der Waals surface area contributed by atoms with Crippen LogP contribution in [0.3, 0.4) is 0 Å². The summed E-state index contributed by atoms with van der Waals surface area (Å²) in [6, 6.07) is 4.04. The molecule has 0 saturated carbocycles. The van der Waals surface area contributed by atoms with E-state index in [1.54, 1.807) is 22.2 Å². The lowest BCUT2D eigenvalue weighted by Gasteiger charge is -2.08. The zero-order valence-electron chi connectivity index (χ0n) is 8.84. The molecule has 80 valence electrons. The Hall–Kier alpha value is -1.13. The van der Waals surface area contributed by atoms with Crippen molar-refractivity contribution in [3.8, 4) is 0 Å². The molecule has 1 unspecified atom stereocenters. The van der Waals surface area contributed by atoms with E-state index in [9.17, 15) is 5.11 Å². The molecule has 2 aromatic rings. The first-order chi connectivity index (χ1) is 7.18. The summed E-state index contributed by atoms with van der Waals surface area (Å²) in [5.41, 5.74) is 1.95. The predicted molar refractivity (Wildman–Crippen MR) is 60.9 cm³/mol. The van der Waals surface area contributed by atoms with Crippen LogP contribution in [-0.2, 0) is 13.5 Å². The first-order valence-electron chi connectivity index (χ1n) is 4.87. The Labute approximate surface area is 93.0 Å². The van der Waals surface area contributed by atoms with Crippen LogP contribution in [0, 0.1) is 6.92 Å². The molecular formula is C11H14N2OS. The van der Waals surface area contributed by atoms with Gasteiger partial charge in [0.15, 0.2) is 0 Å². The number of nitrogens with zero attached hydrogens (tertiary/aromatic N) is 2. The molecule has 4 heteroatoms. The maximum absolute atomic E-state index is 10.0. The van der Waals surface area contributed by atoms with E-state index < -0.39 is 6.10 Å². The molecule has 15 heavy (non-hydrogen) atoms. The summed E-state index contributed by atoms with van der Waals surface area (Å²) in [5, 5.41) is 16.2. The summed E-state index contributed by atoms with van der Waals surface area (Å²) in [6.45, 7) is 1.97. The lowest BCUT2D eigenvalue weighted by Crippen LogP contribution is -2.02. The molecule has 0 bridgehead atoms. The molecule has 1 N–H and O–H groups in total. The van der Waals surface area contributed by atoms with Crippen molar-refractivity contribution >= 4 is 11.3 Å². The summed E-state index contributed by atoms with van der Waals surface area (Å²) < 4.78 is 1.78. The molecular weight excluding hydrogens is 208 g/mol. The van der Waals surface area contributed by atoms with Gasteiger partial charge in [0.25, 0.3) is 0 Å². The summed E-state index contributed by atoms with van der Waals surface area (Å²) in [7, 11) is 1.89. The fraction of sp³-hybridized carbons (Fsp3) is 0.364. The molecule has 2 heterocycles. The van der Waals surface area contributed by atoms with Gasteiger partial charge in [0.2, 0.25) is 0 Å². The number of hydrogen-bond acceptors (Lipinski definition) is 3. The smallest absolute Gasteiger partial charge is 0.0871 e. The van der Waals surface area contributed by atoms with Gasteiger partial charge in [0, 0.05) is 29.6 Å². The van der Waals surface area contributed by atoms with Crippen LogP contribution in [0.5, 0.6) is 0 Å². The van der Waals surface area contributed by atoms with Gasteiger partial charge in [-0.3, -0.25) is 4.68 Å². The molecule has 2 aromatic heterocycles. The van der Waals surface area contributed by atoms with E-state index in [2.05, 4.69) is 5.10 Å². The zero-order chi connectivity index (χ0) is 10.8. The van der Waals surface area contributed by atoms with Crippen molar-refractivity contribution in [1.82, 2.24) is 9.78 Å². The van der Waals surface area contributed by atoms with Gasteiger partial charge >= 0.3 is 0 Å². The number of aliphatic hydroxyl groups is 1. The molecule has 2 rings (SSSR count). The predicted octanol–water partition coefficient (Wildman–Crippen LogP) is 2.07. The molecule has 0 fully saturated rings. The van der Waals surface area contributed by atoms with Crippen molar-refractivity contribution in [2.75, 3.05) is 0 Å². The van der Waals surface area contributed by atoms with Gasteiger partial charge in [-0.2, -0.15) is 5.10 Å². The molecule has 0 radical (unpaired) electrons. The van der Waals surface area contributed by atoms with E-state index in [4.69, 9.17) is 0 Å². The van der Waals surface area contributed by atoms with Gasteiger partial charge in [-0.1, -0.05) is 6.07 Å². The third-order valence-corrected chi connectivity index (χ3v) is 3.51. The zero-order valence-corrected chi connectivity index (χ0v) is 9.66. The average molecular weight is 222 g/mol. The molecule has 0 spiro atoms. The Bertz CT molecular complexity index is 433. The fourth-order valence-electron chi connectivity index (χ4n) is 1.57. The van der Waals surface area contributed by atoms with Crippen molar-refractivity contribution in [2.45, 2.75) is 19.4 Å². The van der Waals surface area contributed by atoms with Gasteiger partial charge in [-0.25, -0.2) is 0 Å². The Morgan fingerprint density at radius 3 is 2.93 bits per heavy atom. The van der Waals surface area contributed by atoms with Crippen LogP contribution in [0.15, 0.2) is 23.7 Å². The first kappa shape index (κ1) is 10.4. The number of aryl methyl sites for hydroxylation is 1. The lowest BCUT2D eigenvalue weighted by molar-refractivity contribution is 0.178. The summed E-state index contributed by atoms with van der Waals surface area (Å²) in [5.74, 6) is 0. The highest BCUT2D eigenvalue weighted by molar-refractivity contribution is 7.09. The third kappa shape index (κ3) is 2.11. The average Bonchev–Trinajstić information content (AvgIpc) is 2.79. The largest absolute Gasteiger partial charge is 0.388 e. The van der Waals surface area contributed by atoms with Crippen LogP contribution >= 0.6 is 11.3 Å². The minimum absolute atomic E-state index is 0.447. The second-order valence-corrected chi connectivity index (χ2v) is 4.64. The third-order valence-electron chi connectivity index (χ3n) is 2.61. The number of rotatable bonds is 3. The first-order valence-corrected chi connectivity index (χ1v) is 5.75. The van der Waals surface area contributed by atoms with Gasteiger partial charge in [-0.05, 0) is 18.4 Å². The highest BCUT2D eigenvalue weighted by atomic mass is 32.1. The van der Waals surface area contributed by atoms with E-state index in [-0.39, 0.29) is 0 Å². The highest BCUT2D eigenvalue weighted by Crippen LogP contribution is 2.22. The molecule has 0 saturated heterocycles. The minimum Gasteiger partial charge on any atom is -0.388 e. The molecule has 0 aromatic carbocycles. The SMILES string of the molecule is Cc1c(C(O)Cc2cccs2)cnn1C. The van der Waals surface area contributed by atoms with E-state index in [1.165, 1.54) is 4.88 Å². The van der Waals surface area contributed by atoms with Crippen molar-refractivity contribution in [1.29, 1.82) is 0 Å². The van der Waals surface area contributed by atoms with Crippen LogP contribution in [-0.4, -0.2) is 14.9 Å². The van der Waals surface area contributed by atoms with E-state index in [1.807, 2.05) is 31.5 Å². The van der Waals surface area contributed by atoms with Crippen LogP contribution in [0.1, 0.15) is 22.2 Å². The summed E-state index contributed by atoms with van der Waals surface area (Å²) in [6.07, 6.45) is 1.97. The van der Waals surface area contributed by atoms with Crippen molar-refractivity contribution < 1.29 is 5.11 Å². The molecule has 0 aliphatic rings. The molecule has 3 nitrogen and oxygen atoms in total. The number of aromatic nitrogens is 2. The maximum atomic E-state index is 10.0. The van der Waals surface area contributed by atoms with Crippen LogP contribution in [0.4, 0.5) is 0 Å². The molecule has 0 amide bonds. The second-order valence-electron chi connectivity index (χ2n) is 3.61. The van der Waals surface area contributed by atoms with Crippen molar-refractivity contribution in [3.05, 3.63) is 39.8 Å². The van der Waals surface area contributed by atoms with Crippen LogP contribution in [0.25, 0.3) is 0 Å². The van der Waals surface area contributed by atoms with Gasteiger partial charge in [-0.15, -0.1) is 11.3 Å². The van der Waals surface area contributed by atoms with Gasteiger partial charge < -0.3 is 5.11 Å². The Balaban J connectivity index is 2.14. The summed E-state index contributed by atoms with van der Waals surface area (Å²) >= 11 is 1.67. The van der Waals surface area contributed by atoms with E-state index in [0.717, 1.165) is 11.3 Å². The van der Waals surface area contributed by atoms with Crippen LogP contribution < -0.4 is 0 Å². The monoisotopic (exact) mass is 222 g/mol. The van der Waals surface area contributed by atoms with Crippen LogP contribution in [0.2, 0.25) is 0 Å². The highest BCUT2D eigenvalue weighted by Gasteiger charge is 2.14. The second kappa shape index (κ2) is 4.16. The summed E-state index contributed by atoms with van der Waals surface area (Å²) in [4.78, 5) is 1.20. The Kier molecular flexibility index (Phi) is 2.88. The maximum Gasteiger partial charge on any atom is 0.0871 e. The number of aliphatic hydroxyl groups excluding tert-OH is 1. The Morgan fingerprint density at radius 2 is 2.40 bits per heavy atom.